The van der Waals surface area contributed by atoms with Crippen LogP contribution in [0.5, 0.6) is 11.5 Å². The molecular formula is C16H23NO3. The predicted molar refractivity (Wildman–Crippen MR) is 77.2 cm³/mol. The molecule has 2 N–H and O–H groups in total. The van der Waals surface area contributed by atoms with E-state index >= 15 is 0 Å². The zero-order chi connectivity index (χ0) is 14.2. The molecule has 0 radical (unpaired) electrons. The first-order valence-corrected chi connectivity index (χ1v) is 7.35. The molecule has 0 spiro atoms. The number of methoxy groups -OCH3 is 2. The summed E-state index contributed by atoms with van der Waals surface area (Å²) in [5.74, 6) is 1.39. The normalized spacial score (nSPS) is 32.8. The van der Waals surface area contributed by atoms with Crippen LogP contribution in [0.15, 0.2) is 18.2 Å². The van der Waals surface area contributed by atoms with E-state index in [4.69, 9.17) is 9.47 Å². The van der Waals surface area contributed by atoms with Crippen molar-refractivity contribution in [3.05, 3.63) is 23.8 Å². The Morgan fingerprint density at radius 1 is 1.10 bits per heavy atom. The zero-order valence-corrected chi connectivity index (χ0v) is 12.2. The maximum absolute atomic E-state index is 11.1. The minimum Gasteiger partial charge on any atom is -0.493 e. The summed E-state index contributed by atoms with van der Waals surface area (Å²) in [5.41, 5.74) is 0.189. The summed E-state index contributed by atoms with van der Waals surface area (Å²) in [6, 6.07) is 6.62. The molecule has 0 saturated carbocycles. The smallest absolute Gasteiger partial charge is 0.161 e. The van der Waals surface area contributed by atoms with Gasteiger partial charge in [-0.05, 0) is 43.4 Å². The molecule has 2 unspecified atom stereocenters. The first-order valence-electron chi connectivity index (χ1n) is 7.35. The number of fused-ring (bicyclic) bond motifs is 2. The average molecular weight is 277 g/mol. The number of benzene rings is 1. The molecule has 1 aromatic carbocycles. The minimum absolute atomic E-state index is 0.431. The van der Waals surface area contributed by atoms with Gasteiger partial charge in [0.2, 0.25) is 0 Å². The van der Waals surface area contributed by atoms with Gasteiger partial charge in [0.15, 0.2) is 11.5 Å². The van der Waals surface area contributed by atoms with Gasteiger partial charge in [-0.2, -0.15) is 0 Å². The molecule has 0 aromatic heterocycles. The Hall–Kier alpha value is -1.26. The molecule has 0 aliphatic carbocycles. The van der Waals surface area contributed by atoms with E-state index in [2.05, 4.69) is 5.32 Å². The van der Waals surface area contributed by atoms with E-state index in [-0.39, 0.29) is 0 Å². The van der Waals surface area contributed by atoms with Crippen LogP contribution in [0.4, 0.5) is 0 Å². The highest BCUT2D eigenvalue weighted by Gasteiger charge is 2.41. The Bertz CT molecular complexity index is 477. The van der Waals surface area contributed by atoms with Gasteiger partial charge in [0.25, 0.3) is 0 Å². The number of nitrogens with one attached hydrogen (secondary N) is 1. The lowest BCUT2D eigenvalue weighted by molar-refractivity contribution is -0.0360. The third-order valence-electron chi connectivity index (χ3n) is 4.67. The molecule has 2 heterocycles. The molecule has 2 saturated heterocycles. The zero-order valence-electron chi connectivity index (χ0n) is 12.2. The SMILES string of the molecule is COc1ccc(C2(O)CC3CCCC(C2)N3)cc1OC. The van der Waals surface area contributed by atoms with Crippen LogP contribution in [0.1, 0.15) is 37.7 Å². The molecule has 4 nitrogen and oxygen atoms in total. The Balaban J connectivity index is 1.91. The van der Waals surface area contributed by atoms with E-state index in [1.165, 1.54) is 6.42 Å². The van der Waals surface area contributed by atoms with Gasteiger partial charge in [-0.25, -0.2) is 0 Å². The number of rotatable bonds is 3. The minimum atomic E-state index is -0.749. The molecule has 0 amide bonds. The van der Waals surface area contributed by atoms with Gasteiger partial charge in [-0.1, -0.05) is 12.5 Å². The van der Waals surface area contributed by atoms with Gasteiger partial charge < -0.3 is 19.9 Å². The summed E-state index contributed by atoms with van der Waals surface area (Å²) in [4.78, 5) is 0. The summed E-state index contributed by atoms with van der Waals surface area (Å²) >= 11 is 0. The van der Waals surface area contributed by atoms with Crippen LogP contribution in [-0.2, 0) is 5.60 Å². The largest absolute Gasteiger partial charge is 0.493 e. The molecule has 2 fully saturated rings. The second kappa shape index (κ2) is 5.26. The summed E-state index contributed by atoms with van der Waals surface area (Å²) in [6.07, 6.45) is 5.14. The molecule has 1 aromatic rings. The first-order chi connectivity index (χ1) is 9.64. The number of hydrogen-bond donors (Lipinski definition) is 2. The Kier molecular flexibility index (Phi) is 3.61. The van der Waals surface area contributed by atoms with Crippen molar-refractivity contribution in [1.29, 1.82) is 0 Å². The summed E-state index contributed by atoms with van der Waals surface area (Å²) < 4.78 is 10.6. The van der Waals surface area contributed by atoms with E-state index < -0.39 is 5.60 Å². The van der Waals surface area contributed by atoms with E-state index in [9.17, 15) is 5.11 Å². The van der Waals surface area contributed by atoms with Crippen molar-refractivity contribution in [3.63, 3.8) is 0 Å². The van der Waals surface area contributed by atoms with Crippen LogP contribution >= 0.6 is 0 Å². The van der Waals surface area contributed by atoms with Crippen molar-refractivity contribution in [3.8, 4) is 11.5 Å². The molecular weight excluding hydrogens is 254 g/mol. The van der Waals surface area contributed by atoms with Crippen molar-refractivity contribution >= 4 is 0 Å². The van der Waals surface area contributed by atoms with E-state index in [0.717, 1.165) is 31.2 Å². The lowest BCUT2D eigenvalue weighted by Gasteiger charge is -2.45. The van der Waals surface area contributed by atoms with Crippen molar-refractivity contribution in [2.75, 3.05) is 14.2 Å². The monoisotopic (exact) mass is 277 g/mol. The second-order valence-electron chi connectivity index (χ2n) is 6.00. The lowest BCUT2D eigenvalue weighted by Crippen LogP contribution is -2.54. The van der Waals surface area contributed by atoms with Crippen LogP contribution in [0.2, 0.25) is 0 Å². The van der Waals surface area contributed by atoms with Crippen LogP contribution in [-0.4, -0.2) is 31.4 Å². The fourth-order valence-corrected chi connectivity index (χ4v) is 3.69. The molecule has 110 valence electrons. The van der Waals surface area contributed by atoms with E-state index in [1.807, 2.05) is 18.2 Å². The highest BCUT2D eigenvalue weighted by Crippen LogP contribution is 2.42. The standard InChI is InChI=1S/C16H23NO3/c1-19-14-7-6-11(8-15(14)20-2)16(18)9-12-4-3-5-13(10-16)17-12/h6-8,12-13,17-18H,3-5,9-10H2,1-2H3. The van der Waals surface area contributed by atoms with E-state index in [1.54, 1.807) is 14.2 Å². The van der Waals surface area contributed by atoms with Crippen LogP contribution < -0.4 is 14.8 Å². The summed E-state index contributed by atoms with van der Waals surface area (Å²) in [5, 5.41) is 14.7. The second-order valence-corrected chi connectivity index (χ2v) is 6.00. The Morgan fingerprint density at radius 3 is 2.35 bits per heavy atom. The van der Waals surface area contributed by atoms with Gasteiger partial charge >= 0.3 is 0 Å². The molecule has 20 heavy (non-hydrogen) atoms. The van der Waals surface area contributed by atoms with Gasteiger partial charge in [-0.3, -0.25) is 0 Å². The van der Waals surface area contributed by atoms with Gasteiger partial charge in [0.1, 0.15) is 0 Å². The molecule has 2 aliphatic heterocycles. The third-order valence-corrected chi connectivity index (χ3v) is 4.67. The lowest BCUT2D eigenvalue weighted by atomic mass is 9.74. The first kappa shape index (κ1) is 13.7. The highest BCUT2D eigenvalue weighted by molar-refractivity contribution is 5.44. The van der Waals surface area contributed by atoms with Gasteiger partial charge in [0.05, 0.1) is 19.8 Å². The molecule has 3 rings (SSSR count). The highest BCUT2D eigenvalue weighted by atomic mass is 16.5. The van der Waals surface area contributed by atoms with Crippen LogP contribution in [0.3, 0.4) is 0 Å². The van der Waals surface area contributed by atoms with Crippen molar-refractivity contribution in [2.24, 2.45) is 0 Å². The summed E-state index contributed by atoms with van der Waals surface area (Å²) in [6.45, 7) is 0. The fraction of sp³-hybridized carbons (Fsp3) is 0.625. The Morgan fingerprint density at radius 2 is 1.75 bits per heavy atom. The quantitative estimate of drug-likeness (QED) is 0.889. The maximum atomic E-state index is 11.1. The molecule has 2 bridgehead atoms. The van der Waals surface area contributed by atoms with Crippen LogP contribution in [0, 0.1) is 0 Å². The fourth-order valence-electron chi connectivity index (χ4n) is 3.69. The molecule has 2 atom stereocenters. The number of ether oxygens (including phenoxy) is 2. The average Bonchev–Trinajstić information content (AvgIpc) is 2.46. The van der Waals surface area contributed by atoms with Crippen molar-refractivity contribution in [1.82, 2.24) is 5.32 Å². The Labute approximate surface area is 120 Å². The topological polar surface area (TPSA) is 50.7 Å². The van der Waals surface area contributed by atoms with Gasteiger partial charge in [0, 0.05) is 12.1 Å². The van der Waals surface area contributed by atoms with Gasteiger partial charge in [-0.15, -0.1) is 0 Å². The number of hydrogen-bond acceptors (Lipinski definition) is 4. The number of aliphatic hydroxyl groups is 1. The molecule has 2 aliphatic rings. The molecule has 4 heteroatoms. The van der Waals surface area contributed by atoms with Crippen molar-refractivity contribution < 1.29 is 14.6 Å². The summed E-state index contributed by atoms with van der Waals surface area (Å²) in [7, 11) is 3.25. The van der Waals surface area contributed by atoms with E-state index in [0.29, 0.717) is 23.6 Å². The maximum Gasteiger partial charge on any atom is 0.161 e. The predicted octanol–water partition coefficient (Wildman–Crippen LogP) is 2.20. The third kappa shape index (κ3) is 2.38. The van der Waals surface area contributed by atoms with Crippen molar-refractivity contribution in [2.45, 2.75) is 49.8 Å². The van der Waals surface area contributed by atoms with Crippen LogP contribution in [0.25, 0.3) is 0 Å². The number of piperidine rings is 2.